The molecule has 0 unspecified atom stereocenters. The molecule has 0 amide bonds. The highest BCUT2D eigenvalue weighted by Crippen LogP contribution is 2.57. The van der Waals surface area contributed by atoms with Crippen molar-refractivity contribution in [3.63, 3.8) is 0 Å². The third-order valence-electron chi connectivity index (χ3n) is 12.6. The summed E-state index contributed by atoms with van der Waals surface area (Å²) in [5.74, 6) is 0. The van der Waals surface area contributed by atoms with E-state index in [-0.39, 0.29) is 10.6 Å². The number of hydrogen-bond acceptors (Lipinski definition) is 2. The zero-order valence-corrected chi connectivity index (χ0v) is 36.2. The second kappa shape index (κ2) is 14.8. The average Bonchev–Trinajstić information content (AvgIpc) is 3.13. The molecule has 6 aromatic rings. The summed E-state index contributed by atoms with van der Waals surface area (Å²) in [4.78, 5) is 44.4. The lowest BCUT2D eigenvalue weighted by molar-refractivity contribution is 0.385. The fourth-order valence-corrected chi connectivity index (χ4v) is 9.69. The largest absolute Gasteiger partial charge is 0.357 e. The van der Waals surface area contributed by atoms with Crippen molar-refractivity contribution in [1.29, 1.82) is 0 Å². The quantitative estimate of drug-likeness (QED) is 0.120. The Morgan fingerprint density at radius 2 is 0.607 bits per heavy atom. The van der Waals surface area contributed by atoms with E-state index < -0.39 is 15.2 Å². The van der Waals surface area contributed by atoms with Gasteiger partial charge in [-0.25, -0.2) is 0 Å². The van der Waals surface area contributed by atoms with Gasteiger partial charge >= 0.3 is 15.2 Å². The van der Waals surface area contributed by atoms with Crippen LogP contribution in [0, 0.1) is 83.1 Å². The molecule has 0 radical (unpaired) electrons. The van der Waals surface area contributed by atoms with Crippen LogP contribution in [0.1, 0.15) is 66.8 Å². The maximum atomic E-state index is 14.7. The van der Waals surface area contributed by atoms with Gasteiger partial charge in [0.25, 0.3) is 0 Å². The normalized spacial score (nSPS) is 12.1. The molecule has 0 atom stereocenters. The van der Waals surface area contributed by atoms with Gasteiger partial charge in [0.05, 0.1) is 10.6 Å². The van der Waals surface area contributed by atoms with E-state index in [0.29, 0.717) is 38.9 Å². The SMILES string of the molecule is Cc1ccc(-c2c(-c3ccc(P(=O)(O)O)cc3)c(-c3ccc(C)c(C)c3C)c(-c3ccc(C)c(C)c3C)c(P(=O)(O)O)c2-c2ccc(C)c(C)c2C)c(C)c1C. The predicted molar refractivity (Wildman–Crippen MR) is 234 cm³/mol. The van der Waals surface area contributed by atoms with E-state index >= 15 is 0 Å². The second-order valence-corrected chi connectivity index (χ2v) is 18.7. The minimum Gasteiger partial charge on any atom is -0.321 e. The minimum atomic E-state index is -5.13. The molecule has 8 heteroatoms. The Morgan fingerprint density at radius 1 is 0.321 bits per heavy atom. The standard InChI is InChI=1S/C48H52O6P2/c1-25-13-21-39(33(9)29(25)5)44-43(37-17-19-38(20-18-37)55(49,50)51)45(40-22-14-26(2)30(6)34(40)10)47(42-24-16-28(4)32(8)36(42)12)48(56(52,53)54)46(44)41-23-15-27(3)31(7)35(41)11/h13-24H,1-12H3,(H2,49,50,51)(H2,52,53,54). The van der Waals surface area contributed by atoms with Gasteiger partial charge in [0, 0.05) is 11.1 Å². The van der Waals surface area contributed by atoms with Crippen molar-refractivity contribution < 1.29 is 28.7 Å². The van der Waals surface area contributed by atoms with Crippen molar-refractivity contribution >= 4 is 25.8 Å². The molecule has 6 nitrogen and oxygen atoms in total. The first-order valence-electron chi connectivity index (χ1n) is 18.8. The van der Waals surface area contributed by atoms with Crippen molar-refractivity contribution in [3.8, 4) is 55.6 Å². The Balaban J connectivity index is 2.10. The van der Waals surface area contributed by atoms with Gasteiger partial charge in [0.2, 0.25) is 0 Å². The lowest BCUT2D eigenvalue weighted by Gasteiger charge is -2.31. The highest BCUT2D eigenvalue weighted by molar-refractivity contribution is 7.61. The van der Waals surface area contributed by atoms with Crippen LogP contribution >= 0.6 is 15.2 Å². The molecule has 6 rings (SSSR count). The molecule has 4 N–H and O–H groups in total. The molecule has 0 aromatic heterocycles. The maximum absolute atomic E-state index is 14.7. The number of aryl methyl sites for hydroxylation is 4. The molecule has 0 heterocycles. The average molecular weight is 787 g/mol. The smallest absolute Gasteiger partial charge is 0.321 e. The van der Waals surface area contributed by atoms with Gasteiger partial charge in [-0.3, -0.25) is 9.13 Å². The third-order valence-corrected chi connectivity index (χ3v) is 14.6. The summed E-state index contributed by atoms with van der Waals surface area (Å²) in [6, 6.07) is 22.5. The van der Waals surface area contributed by atoms with E-state index in [1.54, 1.807) is 12.1 Å². The summed E-state index contributed by atoms with van der Waals surface area (Å²) in [5.41, 5.74) is 18.8. The number of hydrogen-bond donors (Lipinski definition) is 4. The molecule has 56 heavy (non-hydrogen) atoms. The van der Waals surface area contributed by atoms with Crippen LogP contribution < -0.4 is 10.6 Å². The second-order valence-electron chi connectivity index (χ2n) is 15.6. The Hall–Kier alpha value is -4.38. The third kappa shape index (κ3) is 6.98. The van der Waals surface area contributed by atoms with Crippen LogP contribution in [0.5, 0.6) is 0 Å². The van der Waals surface area contributed by atoms with Crippen LogP contribution in [0.15, 0.2) is 72.8 Å². The van der Waals surface area contributed by atoms with E-state index in [4.69, 9.17) is 0 Å². The Kier molecular flexibility index (Phi) is 10.9. The van der Waals surface area contributed by atoms with Crippen LogP contribution in [-0.4, -0.2) is 19.6 Å². The molecular weight excluding hydrogens is 734 g/mol. The predicted octanol–water partition coefficient (Wildman–Crippen LogP) is 11.3. The van der Waals surface area contributed by atoms with Gasteiger partial charge in [-0.05, 0) is 206 Å². The van der Waals surface area contributed by atoms with Crippen LogP contribution in [0.4, 0.5) is 0 Å². The van der Waals surface area contributed by atoms with Crippen LogP contribution in [0.2, 0.25) is 0 Å². The highest BCUT2D eigenvalue weighted by atomic mass is 31.2. The minimum absolute atomic E-state index is 0.0500. The van der Waals surface area contributed by atoms with E-state index in [1.165, 1.54) is 12.1 Å². The van der Waals surface area contributed by atoms with Crippen molar-refractivity contribution in [3.05, 3.63) is 140 Å². The molecule has 0 aliphatic carbocycles. The first kappa shape index (κ1) is 41.3. The summed E-state index contributed by atoms with van der Waals surface area (Å²) < 4.78 is 27.3. The lowest BCUT2D eigenvalue weighted by atomic mass is 9.75. The number of rotatable bonds is 7. The van der Waals surface area contributed by atoms with Crippen molar-refractivity contribution in [2.75, 3.05) is 0 Å². The summed E-state index contributed by atoms with van der Waals surface area (Å²) in [6.07, 6.45) is 0. The summed E-state index contributed by atoms with van der Waals surface area (Å²) in [7, 11) is -9.72. The maximum Gasteiger partial charge on any atom is 0.357 e. The summed E-state index contributed by atoms with van der Waals surface area (Å²) in [5, 5.41) is -0.164. The van der Waals surface area contributed by atoms with E-state index in [9.17, 15) is 28.7 Å². The molecule has 0 spiro atoms. The van der Waals surface area contributed by atoms with Gasteiger partial charge in [0.15, 0.2) is 0 Å². The molecule has 0 fully saturated rings. The van der Waals surface area contributed by atoms with Crippen LogP contribution in [-0.2, 0) is 9.13 Å². The number of benzene rings is 6. The molecular formula is C48H52O6P2. The van der Waals surface area contributed by atoms with E-state index in [2.05, 4.69) is 53.7 Å². The topological polar surface area (TPSA) is 115 Å². The van der Waals surface area contributed by atoms with Gasteiger partial charge < -0.3 is 19.6 Å². The monoisotopic (exact) mass is 786 g/mol. The van der Waals surface area contributed by atoms with Crippen molar-refractivity contribution in [2.45, 2.75) is 83.1 Å². The highest BCUT2D eigenvalue weighted by Gasteiger charge is 2.38. The Labute approximate surface area is 331 Å². The van der Waals surface area contributed by atoms with Gasteiger partial charge in [0.1, 0.15) is 0 Å². The molecule has 0 aliphatic rings. The van der Waals surface area contributed by atoms with Gasteiger partial charge in [-0.1, -0.05) is 60.7 Å². The first-order valence-corrected chi connectivity index (χ1v) is 22.1. The fourth-order valence-electron chi connectivity index (χ4n) is 8.11. The molecule has 0 saturated carbocycles. The molecule has 0 saturated heterocycles. The van der Waals surface area contributed by atoms with Gasteiger partial charge in [-0.15, -0.1) is 0 Å². The molecule has 0 bridgehead atoms. The van der Waals surface area contributed by atoms with Crippen LogP contribution in [0.25, 0.3) is 55.6 Å². The fraction of sp³-hybridized carbons (Fsp3) is 0.250. The molecule has 290 valence electrons. The Morgan fingerprint density at radius 3 is 0.875 bits per heavy atom. The Bertz CT molecular complexity index is 2550. The van der Waals surface area contributed by atoms with E-state index in [1.807, 2.05) is 77.9 Å². The zero-order chi connectivity index (χ0) is 41.3. The summed E-state index contributed by atoms with van der Waals surface area (Å²) >= 11 is 0. The van der Waals surface area contributed by atoms with Crippen molar-refractivity contribution in [2.24, 2.45) is 0 Å². The van der Waals surface area contributed by atoms with Crippen LogP contribution in [0.3, 0.4) is 0 Å². The van der Waals surface area contributed by atoms with Gasteiger partial charge in [-0.2, -0.15) is 0 Å². The first-order chi connectivity index (χ1) is 26.1. The summed E-state index contributed by atoms with van der Waals surface area (Å²) in [6.45, 7) is 24.5. The molecule has 6 aromatic carbocycles. The zero-order valence-electron chi connectivity index (χ0n) is 34.4. The van der Waals surface area contributed by atoms with Crippen molar-refractivity contribution in [1.82, 2.24) is 0 Å². The lowest BCUT2D eigenvalue weighted by Crippen LogP contribution is -2.18. The van der Waals surface area contributed by atoms with E-state index in [0.717, 1.165) is 83.5 Å². The molecule has 0 aliphatic heterocycles.